The Labute approximate surface area is 341 Å². The molecule has 0 radical (unpaired) electrons. The summed E-state index contributed by atoms with van der Waals surface area (Å²) in [6.07, 6.45) is 0.993. The van der Waals surface area contributed by atoms with Crippen LogP contribution in [0.25, 0.3) is 76.5 Å². The summed E-state index contributed by atoms with van der Waals surface area (Å²) in [5, 5.41) is 10.6. The van der Waals surface area contributed by atoms with Crippen LogP contribution in [0.1, 0.15) is 66.0 Å². The lowest BCUT2D eigenvalue weighted by Crippen LogP contribution is -2.17. The standard InChI is InChI=1S/C58H46/c1-36-29-47(33-48(30-36)49-25-21-43-20-19-41-15-10-16-42-22-28-52(49)57(43)56(41)42)46-24-27-51-50-26-23-44(34-54(50)58(3,4)55(51)35-46)37(2)53(40-12-6-5-7-13-40)32-38-17-18-39-11-8-9-14-45(39)31-38/h5-31,33-35,37,53H,32H2,1-4H3. The van der Waals surface area contributed by atoms with E-state index in [1.807, 2.05) is 0 Å². The second-order valence-electron chi connectivity index (χ2n) is 17.4. The van der Waals surface area contributed by atoms with Gasteiger partial charge in [-0.25, -0.2) is 0 Å². The van der Waals surface area contributed by atoms with Gasteiger partial charge in [-0.15, -0.1) is 0 Å². The first-order valence-corrected chi connectivity index (χ1v) is 20.9. The molecule has 1 aliphatic rings. The number of hydrogen-bond donors (Lipinski definition) is 0. The van der Waals surface area contributed by atoms with E-state index in [4.69, 9.17) is 0 Å². The fourth-order valence-electron chi connectivity index (χ4n) is 10.4. The van der Waals surface area contributed by atoms with E-state index in [1.54, 1.807) is 0 Å². The highest BCUT2D eigenvalue weighted by molar-refractivity contribution is 6.25. The summed E-state index contributed by atoms with van der Waals surface area (Å²) in [5.74, 6) is 0.683. The molecule has 1 aliphatic carbocycles. The summed E-state index contributed by atoms with van der Waals surface area (Å²) in [6, 6.07) is 69.0. The van der Waals surface area contributed by atoms with Gasteiger partial charge in [0, 0.05) is 5.41 Å². The quantitative estimate of drug-likeness (QED) is 0.143. The second-order valence-corrected chi connectivity index (χ2v) is 17.4. The molecule has 0 heterocycles. The first-order chi connectivity index (χ1) is 28.3. The van der Waals surface area contributed by atoms with E-state index < -0.39 is 0 Å². The van der Waals surface area contributed by atoms with Crippen LogP contribution in [-0.2, 0) is 11.8 Å². The van der Waals surface area contributed by atoms with Gasteiger partial charge in [0.25, 0.3) is 0 Å². The lowest BCUT2D eigenvalue weighted by atomic mass is 9.76. The molecule has 58 heavy (non-hydrogen) atoms. The van der Waals surface area contributed by atoms with Crippen LogP contribution < -0.4 is 0 Å². The summed E-state index contributed by atoms with van der Waals surface area (Å²) in [7, 11) is 0. The number of fused-ring (bicyclic) bond motifs is 4. The van der Waals surface area contributed by atoms with Crippen molar-refractivity contribution in [3.63, 3.8) is 0 Å². The molecule has 2 atom stereocenters. The van der Waals surface area contributed by atoms with Gasteiger partial charge in [-0.3, -0.25) is 0 Å². The van der Waals surface area contributed by atoms with Crippen molar-refractivity contribution < 1.29 is 0 Å². The van der Waals surface area contributed by atoms with Crippen LogP contribution in [0, 0.1) is 6.92 Å². The molecule has 0 fully saturated rings. The highest BCUT2D eigenvalue weighted by Crippen LogP contribution is 2.51. The third-order valence-corrected chi connectivity index (χ3v) is 13.6. The first kappa shape index (κ1) is 34.7. The Balaban J connectivity index is 0.947. The van der Waals surface area contributed by atoms with Crippen molar-refractivity contribution in [2.24, 2.45) is 0 Å². The van der Waals surface area contributed by atoms with Crippen LogP contribution in [0.3, 0.4) is 0 Å². The van der Waals surface area contributed by atoms with Gasteiger partial charge in [-0.1, -0.05) is 191 Å². The van der Waals surface area contributed by atoms with Gasteiger partial charge < -0.3 is 0 Å². The van der Waals surface area contributed by atoms with Gasteiger partial charge in [-0.2, -0.15) is 0 Å². The third-order valence-electron chi connectivity index (χ3n) is 13.6. The molecule has 0 heteroatoms. The first-order valence-electron chi connectivity index (χ1n) is 20.9. The molecular weight excluding hydrogens is 697 g/mol. The molecule has 0 amide bonds. The Morgan fingerprint density at radius 2 is 1.05 bits per heavy atom. The normalized spacial score (nSPS) is 14.3. The van der Waals surface area contributed by atoms with E-state index >= 15 is 0 Å². The molecule has 0 saturated carbocycles. The molecule has 0 aromatic heterocycles. The SMILES string of the molecule is Cc1cc(-c2ccc3c(c2)C(C)(C)c2cc(C(C)C(Cc4ccc5ccccc5c4)c4ccccc4)ccc2-3)cc(-c2ccc3ccc4cccc5ccc2c3c45)c1. The minimum atomic E-state index is -0.129. The van der Waals surface area contributed by atoms with Crippen molar-refractivity contribution >= 4 is 43.1 Å². The van der Waals surface area contributed by atoms with Crippen LogP contribution in [-0.4, -0.2) is 0 Å². The van der Waals surface area contributed by atoms with Crippen LogP contribution >= 0.6 is 0 Å². The molecule has 10 aromatic rings. The smallest absolute Gasteiger partial charge is 0.0159 e. The molecule has 0 saturated heterocycles. The number of rotatable bonds is 7. The molecule has 11 rings (SSSR count). The topological polar surface area (TPSA) is 0 Å². The van der Waals surface area contributed by atoms with Gasteiger partial charge in [0.2, 0.25) is 0 Å². The zero-order valence-corrected chi connectivity index (χ0v) is 33.7. The number of aryl methyl sites for hydroxylation is 1. The van der Waals surface area contributed by atoms with Crippen LogP contribution in [0.5, 0.6) is 0 Å². The third kappa shape index (κ3) is 5.58. The van der Waals surface area contributed by atoms with Gasteiger partial charge in [-0.05, 0) is 147 Å². The van der Waals surface area contributed by atoms with Gasteiger partial charge >= 0.3 is 0 Å². The van der Waals surface area contributed by atoms with Crippen LogP contribution in [0.4, 0.5) is 0 Å². The second kappa shape index (κ2) is 13.3. The summed E-state index contributed by atoms with van der Waals surface area (Å²) in [4.78, 5) is 0. The Bertz CT molecular complexity index is 3180. The largest absolute Gasteiger partial charge is 0.0622 e. The summed E-state index contributed by atoms with van der Waals surface area (Å²) >= 11 is 0. The van der Waals surface area contributed by atoms with Crippen molar-refractivity contribution in [3.05, 3.63) is 215 Å². The molecular formula is C58H46. The van der Waals surface area contributed by atoms with Crippen molar-refractivity contribution in [3.8, 4) is 33.4 Å². The van der Waals surface area contributed by atoms with E-state index in [2.05, 4.69) is 210 Å². The summed E-state index contributed by atoms with van der Waals surface area (Å²) in [6.45, 7) is 9.52. The fraction of sp³-hybridized carbons (Fsp3) is 0.138. The average Bonchev–Trinajstić information content (AvgIpc) is 3.49. The Morgan fingerprint density at radius 3 is 1.86 bits per heavy atom. The van der Waals surface area contributed by atoms with Crippen molar-refractivity contribution in [1.29, 1.82) is 0 Å². The number of hydrogen-bond acceptors (Lipinski definition) is 0. The maximum atomic E-state index is 2.54. The number of benzene rings is 10. The highest BCUT2D eigenvalue weighted by Gasteiger charge is 2.36. The predicted molar refractivity (Wildman–Crippen MR) is 249 cm³/mol. The molecule has 0 bridgehead atoms. The zero-order chi connectivity index (χ0) is 39.1. The Morgan fingerprint density at radius 1 is 0.431 bits per heavy atom. The minimum Gasteiger partial charge on any atom is -0.0622 e. The van der Waals surface area contributed by atoms with Gasteiger partial charge in [0.1, 0.15) is 0 Å². The van der Waals surface area contributed by atoms with Crippen molar-refractivity contribution in [2.45, 2.75) is 51.4 Å². The monoisotopic (exact) mass is 742 g/mol. The minimum absolute atomic E-state index is 0.129. The molecule has 10 aromatic carbocycles. The van der Waals surface area contributed by atoms with E-state index in [0.29, 0.717) is 11.8 Å². The maximum absolute atomic E-state index is 2.54. The predicted octanol–water partition coefficient (Wildman–Crippen LogP) is 15.8. The van der Waals surface area contributed by atoms with Crippen molar-refractivity contribution in [2.75, 3.05) is 0 Å². The molecule has 0 spiro atoms. The van der Waals surface area contributed by atoms with E-state index in [1.165, 1.54) is 110 Å². The molecule has 2 unspecified atom stereocenters. The summed E-state index contributed by atoms with van der Waals surface area (Å²) in [5.41, 5.74) is 16.0. The molecule has 0 nitrogen and oxygen atoms in total. The summed E-state index contributed by atoms with van der Waals surface area (Å²) < 4.78 is 0. The Hall–Kier alpha value is -6.50. The molecule has 0 N–H and O–H groups in total. The zero-order valence-electron chi connectivity index (χ0n) is 33.7. The van der Waals surface area contributed by atoms with Crippen LogP contribution in [0.15, 0.2) is 182 Å². The lowest BCUT2D eigenvalue weighted by Gasteiger charge is -2.28. The van der Waals surface area contributed by atoms with Gasteiger partial charge in [0.15, 0.2) is 0 Å². The lowest BCUT2D eigenvalue weighted by molar-refractivity contribution is 0.570. The Kier molecular flexibility index (Phi) is 7.96. The van der Waals surface area contributed by atoms with E-state index in [-0.39, 0.29) is 5.41 Å². The maximum Gasteiger partial charge on any atom is 0.0159 e. The fourth-order valence-corrected chi connectivity index (χ4v) is 10.4. The molecule has 0 aliphatic heterocycles. The highest BCUT2D eigenvalue weighted by atomic mass is 14.4. The van der Waals surface area contributed by atoms with Crippen molar-refractivity contribution in [1.82, 2.24) is 0 Å². The van der Waals surface area contributed by atoms with Crippen LogP contribution in [0.2, 0.25) is 0 Å². The average molecular weight is 743 g/mol. The van der Waals surface area contributed by atoms with Gasteiger partial charge in [0.05, 0.1) is 0 Å². The van der Waals surface area contributed by atoms with E-state index in [9.17, 15) is 0 Å². The van der Waals surface area contributed by atoms with E-state index in [0.717, 1.165) is 6.42 Å². The molecule has 278 valence electrons.